The molecule has 7 heteroatoms. The second-order valence-corrected chi connectivity index (χ2v) is 6.61. The number of carbonyl (C=O) groups is 1. The molecule has 0 saturated carbocycles. The third-order valence-corrected chi connectivity index (χ3v) is 4.31. The highest BCUT2D eigenvalue weighted by Crippen LogP contribution is 2.17. The minimum absolute atomic E-state index is 0.0992. The van der Waals surface area contributed by atoms with Crippen LogP contribution in [-0.4, -0.2) is 38.1 Å². The van der Waals surface area contributed by atoms with Crippen LogP contribution in [0.1, 0.15) is 18.7 Å². The van der Waals surface area contributed by atoms with Gasteiger partial charge in [0, 0.05) is 43.1 Å². The number of hydrogen-bond donors (Lipinski definition) is 3. The number of anilines is 1. The van der Waals surface area contributed by atoms with Crippen molar-refractivity contribution in [2.75, 3.05) is 31.6 Å². The lowest BCUT2D eigenvalue weighted by molar-refractivity contribution is -0.114. The van der Waals surface area contributed by atoms with E-state index < -0.39 is 0 Å². The van der Waals surface area contributed by atoms with Crippen LogP contribution in [0.15, 0.2) is 46.8 Å². The monoisotopic (exact) mass is 374 g/mol. The first kappa shape index (κ1) is 19.8. The van der Waals surface area contributed by atoms with E-state index in [9.17, 15) is 4.79 Å². The van der Waals surface area contributed by atoms with Crippen LogP contribution in [0.4, 0.5) is 5.69 Å². The highest BCUT2D eigenvalue weighted by molar-refractivity contribution is 7.09. The van der Waals surface area contributed by atoms with E-state index in [1.807, 2.05) is 31.2 Å². The molecule has 2 rings (SSSR count). The van der Waals surface area contributed by atoms with E-state index in [0.29, 0.717) is 13.2 Å². The maximum absolute atomic E-state index is 11.1. The lowest BCUT2D eigenvalue weighted by atomic mass is 10.3. The number of nitrogens with zero attached hydrogens (tertiary/aromatic N) is 1. The van der Waals surface area contributed by atoms with Crippen molar-refractivity contribution in [2.45, 2.75) is 20.3 Å². The van der Waals surface area contributed by atoms with Gasteiger partial charge in [0.25, 0.3) is 0 Å². The Hall–Kier alpha value is -2.54. The zero-order chi connectivity index (χ0) is 18.6. The molecular weight excluding hydrogens is 348 g/mol. The Morgan fingerprint density at radius 2 is 2.12 bits per heavy atom. The highest BCUT2D eigenvalue weighted by atomic mass is 32.1. The summed E-state index contributed by atoms with van der Waals surface area (Å²) in [5.41, 5.74) is 0.728. The van der Waals surface area contributed by atoms with Crippen LogP contribution in [0.3, 0.4) is 0 Å². The van der Waals surface area contributed by atoms with Crippen LogP contribution in [0.2, 0.25) is 0 Å². The first-order valence-corrected chi connectivity index (χ1v) is 9.60. The first-order chi connectivity index (χ1) is 12.7. The third-order valence-electron chi connectivity index (χ3n) is 3.37. The molecule has 0 aliphatic heterocycles. The zero-order valence-corrected chi connectivity index (χ0v) is 16.1. The highest BCUT2D eigenvalue weighted by Gasteiger charge is 2.00. The van der Waals surface area contributed by atoms with Gasteiger partial charge < -0.3 is 20.7 Å². The number of carbonyl (C=O) groups excluding carboxylic acids is 1. The van der Waals surface area contributed by atoms with Crippen molar-refractivity contribution in [1.82, 2.24) is 10.6 Å². The van der Waals surface area contributed by atoms with Gasteiger partial charge in [0.15, 0.2) is 5.96 Å². The van der Waals surface area contributed by atoms with E-state index in [0.717, 1.165) is 36.9 Å². The largest absolute Gasteiger partial charge is 0.492 e. The van der Waals surface area contributed by atoms with Gasteiger partial charge in [-0.25, -0.2) is 0 Å². The third kappa shape index (κ3) is 7.57. The maximum atomic E-state index is 11.1. The number of hydrogen-bond acceptors (Lipinski definition) is 4. The Balaban J connectivity index is 1.74. The quantitative estimate of drug-likeness (QED) is 0.358. The average molecular weight is 375 g/mol. The predicted molar refractivity (Wildman–Crippen MR) is 108 cm³/mol. The summed E-state index contributed by atoms with van der Waals surface area (Å²) in [5.74, 6) is 1.41. The number of rotatable bonds is 9. The average Bonchev–Trinajstić information content (AvgIpc) is 3.12. The fourth-order valence-electron chi connectivity index (χ4n) is 2.28. The van der Waals surface area contributed by atoms with E-state index in [2.05, 4.69) is 38.5 Å². The smallest absolute Gasteiger partial charge is 0.221 e. The van der Waals surface area contributed by atoms with Crippen molar-refractivity contribution < 1.29 is 9.53 Å². The molecule has 6 nitrogen and oxygen atoms in total. The van der Waals surface area contributed by atoms with Crippen molar-refractivity contribution in [3.05, 3.63) is 46.7 Å². The fourth-order valence-corrected chi connectivity index (χ4v) is 2.98. The minimum atomic E-state index is -0.0992. The van der Waals surface area contributed by atoms with Crippen molar-refractivity contribution in [1.29, 1.82) is 0 Å². The molecule has 1 aromatic carbocycles. The summed E-state index contributed by atoms with van der Waals surface area (Å²) in [5, 5.41) is 11.3. The fraction of sp³-hybridized carbons (Fsp3) is 0.368. The van der Waals surface area contributed by atoms with Gasteiger partial charge in [-0.2, -0.15) is 0 Å². The van der Waals surface area contributed by atoms with E-state index in [1.165, 1.54) is 11.8 Å². The second kappa shape index (κ2) is 11.1. The standard InChI is InChI=1S/C19H26N4O2S/c1-3-20-19(21-10-9-18-8-5-13-26-18)22-11-12-25-17-7-4-6-16(14-17)23-15(2)24/h4-8,13-14H,3,9-12H2,1-2H3,(H,23,24)(H2,20,21,22). The number of guanidine groups is 1. The molecule has 0 bridgehead atoms. The van der Waals surface area contributed by atoms with Gasteiger partial charge >= 0.3 is 0 Å². The summed E-state index contributed by atoms with van der Waals surface area (Å²) in [6.07, 6.45) is 0.945. The molecule has 0 unspecified atom stereocenters. The van der Waals surface area contributed by atoms with Gasteiger partial charge in [-0.3, -0.25) is 9.79 Å². The summed E-state index contributed by atoms with van der Waals surface area (Å²) in [7, 11) is 0. The van der Waals surface area contributed by atoms with Gasteiger partial charge in [-0.05, 0) is 30.5 Å². The minimum Gasteiger partial charge on any atom is -0.492 e. The van der Waals surface area contributed by atoms with Gasteiger partial charge in [-0.15, -0.1) is 11.3 Å². The van der Waals surface area contributed by atoms with Crippen molar-refractivity contribution >= 4 is 28.9 Å². The normalized spacial score (nSPS) is 11.1. The topological polar surface area (TPSA) is 74.8 Å². The molecule has 1 heterocycles. The second-order valence-electron chi connectivity index (χ2n) is 5.57. The molecule has 0 aliphatic rings. The van der Waals surface area contributed by atoms with Crippen molar-refractivity contribution in [3.8, 4) is 5.75 Å². The predicted octanol–water partition coefficient (Wildman–Crippen LogP) is 2.88. The van der Waals surface area contributed by atoms with Crippen molar-refractivity contribution in [3.63, 3.8) is 0 Å². The molecule has 0 atom stereocenters. The van der Waals surface area contributed by atoms with Crippen LogP contribution in [0, 0.1) is 0 Å². The Morgan fingerprint density at radius 1 is 1.23 bits per heavy atom. The number of amides is 1. The molecule has 3 N–H and O–H groups in total. The van der Waals surface area contributed by atoms with Crippen LogP contribution < -0.4 is 20.7 Å². The van der Waals surface area contributed by atoms with Gasteiger partial charge in [0.1, 0.15) is 12.4 Å². The number of benzene rings is 1. The molecule has 0 radical (unpaired) electrons. The van der Waals surface area contributed by atoms with Gasteiger partial charge in [0.2, 0.25) is 5.91 Å². The number of thiophene rings is 1. The Labute approximate surface area is 158 Å². The van der Waals surface area contributed by atoms with E-state index >= 15 is 0 Å². The molecular formula is C19H26N4O2S. The first-order valence-electron chi connectivity index (χ1n) is 8.72. The maximum Gasteiger partial charge on any atom is 0.221 e. The molecule has 0 aliphatic carbocycles. The molecule has 1 amide bonds. The lowest BCUT2D eigenvalue weighted by Gasteiger charge is -2.12. The molecule has 26 heavy (non-hydrogen) atoms. The number of aliphatic imine (C=N–C) groups is 1. The molecule has 140 valence electrons. The van der Waals surface area contributed by atoms with Crippen molar-refractivity contribution in [2.24, 2.45) is 4.99 Å². The molecule has 0 saturated heterocycles. The molecule has 0 fully saturated rings. The Bertz CT molecular complexity index is 701. The summed E-state index contributed by atoms with van der Waals surface area (Å²) < 4.78 is 5.73. The van der Waals surface area contributed by atoms with Gasteiger partial charge in [0.05, 0.1) is 6.54 Å². The summed E-state index contributed by atoms with van der Waals surface area (Å²) in [6, 6.07) is 11.5. The number of ether oxygens (including phenoxy) is 1. The zero-order valence-electron chi connectivity index (χ0n) is 15.2. The Morgan fingerprint density at radius 3 is 2.85 bits per heavy atom. The van der Waals surface area contributed by atoms with Crippen LogP contribution in [0.5, 0.6) is 5.75 Å². The van der Waals surface area contributed by atoms with Crippen LogP contribution >= 0.6 is 11.3 Å². The summed E-state index contributed by atoms with van der Waals surface area (Å²) in [6.45, 7) is 6.21. The van der Waals surface area contributed by atoms with Crippen LogP contribution in [-0.2, 0) is 11.2 Å². The van der Waals surface area contributed by atoms with Gasteiger partial charge in [-0.1, -0.05) is 12.1 Å². The van der Waals surface area contributed by atoms with E-state index in [-0.39, 0.29) is 5.91 Å². The molecule has 0 spiro atoms. The molecule has 2 aromatic rings. The summed E-state index contributed by atoms with van der Waals surface area (Å²) in [4.78, 5) is 17.0. The molecule has 1 aromatic heterocycles. The van der Waals surface area contributed by atoms with E-state index in [4.69, 9.17) is 4.74 Å². The SMILES string of the molecule is CCNC(=NCCc1cccs1)NCCOc1cccc(NC(C)=O)c1. The lowest BCUT2D eigenvalue weighted by Crippen LogP contribution is -2.39. The number of nitrogens with one attached hydrogen (secondary N) is 3. The Kier molecular flexibility index (Phi) is 8.48. The van der Waals surface area contributed by atoms with E-state index in [1.54, 1.807) is 11.3 Å². The summed E-state index contributed by atoms with van der Waals surface area (Å²) >= 11 is 1.76. The van der Waals surface area contributed by atoms with Crippen LogP contribution in [0.25, 0.3) is 0 Å².